The molecule has 0 heterocycles. The highest BCUT2D eigenvalue weighted by atomic mass is 16.6. The number of hydrogen-bond acceptors (Lipinski definition) is 3. The zero-order chi connectivity index (χ0) is 15.3. The molecular weight excluding hydrogens is 256 g/mol. The molecule has 2 amide bonds. The molecule has 1 rings (SSSR count). The first-order valence-corrected chi connectivity index (χ1v) is 7.49. The number of rotatable bonds is 3. The van der Waals surface area contributed by atoms with Crippen molar-refractivity contribution in [2.24, 2.45) is 5.92 Å². The van der Waals surface area contributed by atoms with E-state index in [-0.39, 0.29) is 23.9 Å². The third-order valence-corrected chi connectivity index (χ3v) is 3.24. The van der Waals surface area contributed by atoms with Gasteiger partial charge in [0.2, 0.25) is 5.91 Å². The minimum absolute atomic E-state index is 0.0285. The fourth-order valence-corrected chi connectivity index (χ4v) is 2.47. The summed E-state index contributed by atoms with van der Waals surface area (Å²) < 4.78 is 5.27. The predicted molar refractivity (Wildman–Crippen MR) is 78.4 cm³/mol. The van der Waals surface area contributed by atoms with Gasteiger partial charge in [-0.3, -0.25) is 4.79 Å². The van der Waals surface area contributed by atoms with E-state index >= 15 is 0 Å². The molecule has 0 aromatic rings. The molecule has 0 aromatic carbocycles. The quantitative estimate of drug-likeness (QED) is 0.837. The van der Waals surface area contributed by atoms with Crippen LogP contribution in [0.15, 0.2) is 0 Å². The summed E-state index contributed by atoms with van der Waals surface area (Å²) in [7, 11) is 0. The molecule has 20 heavy (non-hydrogen) atoms. The number of carbonyl (C=O) groups is 2. The van der Waals surface area contributed by atoms with E-state index in [2.05, 4.69) is 10.6 Å². The lowest BCUT2D eigenvalue weighted by Gasteiger charge is -2.32. The molecule has 0 aromatic heterocycles. The first-order chi connectivity index (χ1) is 9.19. The molecule has 0 spiro atoms. The van der Waals surface area contributed by atoms with Crippen LogP contribution in [0.1, 0.15) is 60.3 Å². The van der Waals surface area contributed by atoms with E-state index in [1.165, 1.54) is 0 Å². The van der Waals surface area contributed by atoms with Crippen molar-refractivity contribution in [3.8, 4) is 0 Å². The summed E-state index contributed by atoms with van der Waals surface area (Å²) in [6, 6.07) is -0.0102. The van der Waals surface area contributed by atoms with Crippen LogP contribution >= 0.6 is 0 Å². The van der Waals surface area contributed by atoms with Gasteiger partial charge in [0.05, 0.1) is 5.92 Å². The molecule has 0 saturated heterocycles. The normalized spacial score (nSPS) is 23.3. The Bertz CT molecular complexity index is 348. The number of ether oxygens (including phenoxy) is 1. The van der Waals surface area contributed by atoms with Gasteiger partial charge in [-0.25, -0.2) is 4.79 Å². The van der Waals surface area contributed by atoms with Gasteiger partial charge in [-0.05, 0) is 47.5 Å². The maximum absolute atomic E-state index is 12.2. The Morgan fingerprint density at radius 3 is 2.30 bits per heavy atom. The van der Waals surface area contributed by atoms with Gasteiger partial charge in [-0.15, -0.1) is 0 Å². The zero-order valence-corrected chi connectivity index (χ0v) is 13.3. The molecule has 1 saturated carbocycles. The van der Waals surface area contributed by atoms with Crippen molar-refractivity contribution in [3.63, 3.8) is 0 Å². The second kappa shape index (κ2) is 6.95. The molecule has 5 nitrogen and oxygen atoms in total. The molecule has 1 fully saturated rings. The van der Waals surface area contributed by atoms with Crippen molar-refractivity contribution < 1.29 is 14.3 Å². The molecule has 116 valence electrons. The lowest BCUT2D eigenvalue weighted by molar-refractivity contribution is -0.127. The smallest absolute Gasteiger partial charge is 0.407 e. The molecule has 0 aliphatic heterocycles. The lowest BCUT2D eigenvalue weighted by Crippen LogP contribution is -2.50. The second-order valence-corrected chi connectivity index (χ2v) is 6.81. The van der Waals surface area contributed by atoms with Crippen molar-refractivity contribution in [2.45, 2.75) is 78.0 Å². The molecule has 2 N–H and O–H groups in total. The monoisotopic (exact) mass is 284 g/mol. The molecular formula is C15H28N2O3. The Morgan fingerprint density at radius 2 is 1.75 bits per heavy atom. The van der Waals surface area contributed by atoms with E-state index in [4.69, 9.17) is 4.74 Å². The van der Waals surface area contributed by atoms with Gasteiger partial charge < -0.3 is 15.4 Å². The van der Waals surface area contributed by atoms with Crippen LogP contribution < -0.4 is 10.6 Å². The third-order valence-electron chi connectivity index (χ3n) is 3.24. The van der Waals surface area contributed by atoms with Gasteiger partial charge >= 0.3 is 6.09 Å². The van der Waals surface area contributed by atoms with Crippen LogP contribution in [0.2, 0.25) is 0 Å². The molecule has 0 radical (unpaired) electrons. The number of nitrogens with one attached hydrogen (secondary N) is 2. The van der Waals surface area contributed by atoms with Gasteiger partial charge in [0.1, 0.15) is 5.60 Å². The Balaban J connectivity index is 2.60. The summed E-state index contributed by atoms with van der Waals surface area (Å²) in [5.41, 5.74) is -0.519. The maximum atomic E-state index is 12.2. The summed E-state index contributed by atoms with van der Waals surface area (Å²) in [6.07, 6.45) is 3.27. The summed E-state index contributed by atoms with van der Waals surface area (Å²) >= 11 is 0. The fourth-order valence-electron chi connectivity index (χ4n) is 2.47. The number of carbonyl (C=O) groups excluding carboxylic acids is 2. The highest BCUT2D eigenvalue weighted by Gasteiger charge is 2.33. The van der Waals surface area contributed by atoms with Gasteiger partial charge in [-0.1, -0.05) is 12.8 Å². The Hall–Kier alpha value is -1.26. The summed E-state index contributed by atoms with van der Waals surface area (Å²) in [5.74, 6) is -0.126. The van der Waals surface area contributed by atoms with Crippen LogP contribution in [0.25, 0.3) is 0 Å². The summed E-state index contributed by atoms with van der Waals surface area (Å²) in [5, 5.41) is 5.79. The average Bonchev–Trinajstić information content (AvgIpc) is 2.25. The molecule has 0 bridgehead atoms. The topological polar surface area (TPSA) is 67.4 Å². The minimum Gasteiger partial charge on any atom is -0.444 e. The minimum atomic E-state index is -0.519. The SMILES string of the molecule is CC(C)NC(=O)[C@@H]1CCCC[C@@H]1NC(=O)OC(C)(C)C. The number of amides is 2. The van der Waals surface area contributed by atoms with Crippen LogP contribution in [0, 0.1) is 5.92 Å². The van der Waals surface area contributed by atoms with Crippen LogP contribution in [0.3, 0.4) is 0 Å². The summed E-state index contributed by atoms with van der Waals surface area (Å²) in [6.45, 7) is 9.37. The first-order valence-electron chi connectivity index (χ1n) is 7.49. The van der Waals surface area contributed by atoms with Crippen LogP contribution in [0.5, 0.6) is 0 Å². The molecule has 5 heteroatoms. The van der Waals surface area contributed by atoms with Gasteiger partial charge in [0.25, 0.3) is 0 Å². The van der Waals surface area contributed by atoms with E-state index in [9.17, 15) is 9.59 Å². The standard InChI is InChI=1S/C15H28N2O3/c1-10(2)16-13(18)11-8-6-7-9-12(11)17-14(19)20-15(3,4)5/h10-12H,6-9H2,1-5H3,(H,16,18)(H,17,19)/t11-,12+/m1/s1. The Kier molecular flexibility index (Phi) is 5.84. The van der Waals surface area contributed by atoms with Gasteiger partial charge in [0, 0.05) is 12.1 Å². The van der Waals surface area contributed by atoms with Crippen molar-refractivity contribution in [1.29, 1.82) is 0 Å². The fraction of sp³-hybridized carbons (Fsp3) is 0.867. The molecule has 1 aliphatic carbocycles. The maximum Gasteiger partial charge on any atom is 0.407 e. The first kappa shape index (κ1) is 16.8. The highest BCUT2D eigenvalue weighted by Crippen LogP contribution is 2.25. The molecule has 1 aliphatic rings. The predicted octanol–water partition coefficient (Wildman–Crippen LogP) is 2.59. The average molecular weight is 284 g/mol. The van der Waals surface area contributed by atoms with Crippen molar-refractivity contribution >= 4 is 12.0 Å². The number of hydrogen-bond donors (Lipinski definition) is 2. The Labute approximate surface area is 121 Å². The van der Waals surface area contributed by atoms with E-state index in [1.54, 1.807) is 0 Å². The molecule has 2 atom stereocenters. The van der Waals surface area contributed by atoms with E-state index < -0.39 is 11.7 Å². The number of alkyl carbamates (subject to hydrolysis) is 1. The second-order valence-electron chi connectivity index (χ2n) is 6.81. The van der Waals surface area contributed by atoms with Crippen molar-refractivity contribution in [2.75, 3.05) is 0 Å². The summed E-state index contributed by atoms with van der Waals surface area (Å²) in [4.78, 5) is 24.0. The van der Waals surface area contributed by atoms with E-state index in [1.807, 2.05) is 34.6 Å². The lowest BCUT2D eigenvalue weighted by atomic mass is 9.84. The van der Waals surface area contributed by atoms with Gasteiger partial charge in [-0.2, -0.15) is 0 Å². The van der Waals surface area contributed by atoms with Crippen LogP contribution in [-0.2, 0) is 9.53 Å². The molecule has 0 unspecified atom stereocenters. The van der Waals surface area contributed by atoms with E-state index in [0.29, 0.717) is 0 Å². The zero-order valence-electron chi connectivity index (χ0n) is 13.3. The Morgan fingerprint density at radius 1 is 1.15 bits per heavy atom. The van der Waals surface area contributed by atoms with E-state index in [0.717, 1.165) is 25.7 Å². The van der Waals surface area contributed by atoms with Gasteiger partial charge in [0.15, 0.2) is 0 Å². The van der Waals surface area contributed by atoms with Crippen LogP contribution in [0.4, 0.5) is 4.79 Å². The third kappa shape index (κ3) is 5.80. The highest BCUT2D eigenvalue weighted by molar-refractivity contribution is 5.80. The van der Waals surface area contributed by atoms with Crippen molar-refractivity contribution in [3.05, 3.63) is 0 Å². The largest absolute Gasteiger partial charge is 0.444 e. The van der Waals surface area contributed by atoms with Crippen molar-refractivity contribution in [1.82, 2.24) is 10.6 Å². The van der Waals surface area contributed by atoms with Crippen LogP contribution in [-0.4, -0.2) is 29.7 Å².